The SMILES string of the molecule is CCCCC(Cl)(CC)CC. The quantitative estimate of drug-likeness (QED) is 0.537. The molecule has 0 fully saturated rings. The Hall–Kier alpha value is 0.290. The van der Waals surface area contributed by atoms with Gasteiger partial charge in [0.2, 0.25) is 0 Å². The van der Waals surface area contributed by atoms with Gasteiger partial charge >= 0.3 is 0 Å². The van der Waals surface area contributed by atoms with Crippen molar-refractivity contribution in [1.29, 1.82) is 0 Å². The molecule has 0 aromatic carbocycles. The number of unbranched alkanes of at least 4 members (excludes halogenated alkanes) is 1. The Kier molecular flexibility index (Phi) is 5.15. The number of halogens is 1. The second-order valence-corrected chi connectivity index (χ2v) is 3.76. The molecule has 0 atom stereocenters. The highest BCUT2D eigenvalue weighted by Gasteiger charge is 2.20. The van der Waals surface area contributed by atoms with Gasteiger partial charge in [0.25, 0.3) is 0 Å². The van der Waals surface area contributed by atoms with Crippen LogP contribution in [-0.4, -0.2) is 4.87 Å². The van der Waals surface area contributed by atoms with Crippen molar-refractivity contribution in [2.75, 3.05) is 0 Å². The van der Waals surface area contributed by atoms with Crippen LogP contribution in [0.15, 0.2) is 0 Å². The molecule has 0 aliphatic carbocycles. The Morgan fingerprint density at radius 1 is 1.10 bits per heavy atom. The molecule has 0 rings (SSSR count). The van der Waals surface area contributed by atoms with E-state index in [1.165, 1.54) is 19.3 Å². The molecule has 10 heavy (non-hydrogen) atoms. The standard InChI is InChI=1S/C9H19Cl/c1-4-7-8-9(10,5-2)6-3/h4-8H2,1-3H3. The lowest BCUT2D eigenvalue weighted by molar-refractivity contribution is 0.476. The summed E-state index contributed by atoms with van der Waals surface area (Å²) in [4.78, 5) is 0.107. The molecule has 0 N–H and O–H groups in total. The van der Waals surface area contributed by atoms with Crippen LogP contribution in [0, 0.1) is 0 Å². The lowest BCUT2D eigenvalue weighted by Crippen LogP contribution is -2.18. The Morgan fingerprint density at radius 2 is 1.60 bits per heavy atom. The Bertz CT molecular complexity index is 74.8. The fourth-order valence-corrected chi connectivity index (χ4v) is 1.23. The van der Waals surface area contributed by atoms with Gasteiger partial charge in [0.15, 0.2) is 0 Å². The third-order valence-corrected chi connectivity index (χ3v) is 2.97. The first-order chi connectivity index (χ1) is 4.68. The molecule has 0 aromatic rings. The zero-order valence-electron chi connectivity index (χ0n) is 7.41. The maximum Gasteiger partial charge on any atom is 0.0441 e. The fourth-order valence-electron chi connectivity index (χ4n) is 1.10. The lowest BCUT2D eigenvalue weighted by Gasteiger charge is -2.23. The molecule has 0 bridgehead atoms. The van der Waals surface area contributed by atoms with Crippen LogP contribution in [0.4, 0.5) is 0 Å². The van der Waals surface area contributed by atoms with Crippen LogP contribution < -0.4 is 0 Å². The third-order valence-electron chi connectivity index (χ3n) is 2.25. The first-order valence-electron chi connectivity index (χ1n) is 4.37. The highest BCUT2D eigenvalue weighted by Crippen LogP contribution is 2.29. The van der Waals surface area contributed by atoms with Crippen molar-refractivity contribution in [2.24, 2.45) is 0 Å². The van der Waals surface area contributed by atoms with Gasteiger partial charge in [-0.1, -0.05) is 33.6 Å². The monoisotopic (exact) mass is 162 g/mol. The molecule has 62 valence electrons. The molecule has 0 saturated carbocycles. The lowest BCUT2D eigenvalue weighted by atomic mass is 9.96. The van der Waals surface area contributed by atoms with Crippen LogP contribution in [0.3, 0.4) is 0 Å². The van der Waals surface area contributed by atoms with Gasteiger partial charge in [-0.25, -0.2) is 0 Å². The van der Waals surface area contributed by atoms with E-state index in [1.807, 2.05) is 0 Å². The summed E-state index contributed by atoms with van der Waals surface area (Å²) in [7, 11) is 0. The molecule has 0 aromatic heterocycles. The molecule has 0 heterocycles. The molecule has 0 amide bonds. The Labute approximate surface area is 70.0 Å². The van der Waals surface area contributed by atoms with Crippen molar-refractivity contribution >= 4 is 11.6 Å². The van der Waals surface area contributed by atoms with E-state index in [-0.39, 0.29) is 4.87 Å². The smallest absolute Gasteiger partial charge is 0.0441 e. The Balaban J connectivity index is 3.58. The van der Waals surface area contributed by atoms with E-state index < -0.39 is 0 Å². The average molecular weight is 163 g/mol. The summed E-state index contributed by atoms with van der Waals surface area (Å²) >= 11 is 6.29. The summed E-state index contributed by atoms with van der Waals surface area (Å²) in [6, 6.07) is 0. The summed E-state index contributed by atoms with van der Waals surface area (Å²) in [5, 5.41) is 0. The minimum absolute atomic E-state index is 0.107. The van der Waals surface area contributed by atoms with E-state index in [4.69, 9.17) is 11.6 Å². The fraction of sp³-hybridized carbons (Fsp3) is 1.00. The molecular weight excluding hydrogens is 144 g/mol. The second kappa shape index (κ2) is 5.01. The largest absolute Gasteiger partial charge is 0.119 e. The Morgan fingerprint density at radius 3 is 1.90 bits per heavy atom. The van der Waals surface area contributed by atoms with Crippen LogP contribution in [0.2, 0.25) is 0 Å². The van der Waals surface area contributed by atoms with Crippen molar-refractivity contribution in [3.8, 4) is 0 Å². The molecule has 0 saturated heterocycles. The third kappa shape index (κ3) is 3.46. The van der Waals surface area contributed by atoms with Gasteiger partial charge in [-0.15, -0.1) is 11.6 Å². The molecule has 0 aliphatic rings. The molecule has 0 nitrogen and oxygen atoms in total. The van der Waals surface area contributed by atoms with Crippen LogP contribution in [-0.2, 0) is 0 Å². The summed E-state index contributed by atoms with van der Waals surface area (Å²) in [6.07, 6.45) is 5.91. The predicted molar refractivity (Wildman–Crippen MR) is 48.7 cm³/mol. The molecular formula is C9H19Cl. The normalized spacial score (nSPS) is 12.0. The maximum atomic E-state index is 6.29. The summed E-state index contributed by atoms with van der Waals surface area (Å²) in [5.74, 6) is 0. The van der Waals surface area contributed by atoms with E-state index >= 15 is 0 Å². The number of alkyl halides is 1. The van der Waals surface area contributed by atoms with E-state index in [2.05, 4.69) is 20.8 Å². The van der Waals surface area contributed by atoms with E-state index in [9.17, 15) is 0 Å². The van der Waals surface area contributed by atoms with Crippen molar-refractivity contribution < 1.29 is 0 Å². The molecule has 0 radical (unpaired) electrons. The van der Waals surface area contributed by atoms with Crippen LogP contribution in [0.1, 0.15) is 52.9 Å². The molecule has 0 unspecified atom stereocenters. The van der Waals surface area contributed by atoms with E-state index in [0.29, 0.717) is 0 Å². The molecule has 0 aliphatic heterocycles. The van der Waals surface area contributed by atoms with Crippen molar-refractivity contribution in [2.45, 2.75) is 57.7 Å². The average Bonchev–Trinajstić information content (AvgIpc) is 2.00. The van der Waals surface area contributed by atoms with Gasteiger partial charge in [0.05, 0.1) is 0 Å². The summed E-state index contributed by atoms with van der Waals surface area (Å²) in [5.41, 5.74) is 0. The topological polar surface area (TPSA) is 0 Å². The number of hydrogen-bond donors (Lipinski definition) is 0. The first-order valence-corrected chi connectivity index (χ1v) is 4.75. The van der Waals surface area contributed by atoms with Gasteiger partial charge in [0.1, 0.15) is 0 Å². The number of hydrogen-bond acceptors (Lipinski definition) is 0. The van der Waals surface area contributed by atoms with Gasteiger partial charge in [-0.2, -0.15) is 0 Å². The van der Waals surface area contributed by atoms with Crippen LogP contribution >= 0.6 is 11.6 Å². The van der Waals surface area contributed by atoms with Gasteiger partial charge in [-0.3, -0.25) is 0 Å². The van der Waals surface area contributed by atoms with Crippen molar-refractivity contribution in [3.05, 3.63) is 0 Å². The predicted octanol–water partition coefficient (Wildman–Crippen LogP) is 3.97. The van der Waals surface area contributed by atoms with Crippen molar-refractivity contribution in [1.82, 2.24) is 0 Å². The number of rotatable bonds is 5. The van der Waals surface area contributed by atoms with Gasteiger partial charge in [0, 0.05) is 4.87 Å². The minimum Gasteiger partial charge on any atom is -0.119 e. The zero-order chi connectivity index (χ0) is 8.04. The maximum absolute atomic E-state index is 6.29. The first kappa shape index (κ1) is 10.3. The summed E-state index contributed by atoms with van der Waals surface area (Å²) in [6.45, 7) is 6.56. The summed E-state index contributed by atoms with van der Waals surface area (Å²) < 4.78 is 0. The van der Waals surface area contributed by atoms with E-state index in [1.54, 1.807) is 0 Å². The second-order valence-electron chi connectivity index (χ2n) is 2.96. The molecule has 1 heteroatoms. The highest BCUT2D eigenvalue weighted by molar-refractivity contribution is 6.23. The highest BCUT2D eigenvalue weighted by atomic mass is 35.5. The van der Waals surface area contributed by atoms with Crippen LogP contribution in [0.25, 0.3) is 0 Å². The molecule has 0 spiro atoms. The van der Waals surface area contributed by atoms with Crippen molar-refractivity contribution in [3.63, 3.8) is 0 Å². The zero-order valence-corrected chi connectivity index (χ0v) is 8.17. The van der Waals surface area contributed by atoms with E-state index in [0.717, 1.165) is 12.8 Å². The van der Waals surface area contributed by atoms with Crippen LogP contribution in [0.5, 0.6) is 0 Å². The van der Waals surface area contributed by atoms with Gasteiger partial charge in [-0.05, 0) is 19.3 Å². The van der Waals surface area contributed by atoms with Gasteiger partial charge < -0.3 is 0 Å². The minimum atomic E-state index is 0.107.